The van der Waals surface area contributed by atoms with Crippen LogP contribution in [0.1, 0.15) is 86.0 Å². The van der Waals surface area contributed by atoms with E-state index in [2.05, 4.69) is 31.9 Å². The van der Waals surface area contributed by atoms with Crippen LogP contribution in [-0.4, -0.2) is 101 Å². The molecular formula is C38H41F3N4O8. The van der Waals surface area contributed by atoms with Crippen molar-refractivity contribution in [2.45, 2.75) is 86.8 Å². The average Bonchev–Trinajstić information content (AvgIpc) is 3.99. The molecule has 6 unspecified atom stereocenters. The lowest BCUT2D eigenvalue weighted by Gasteiger charge is -2.49. The Balaban J connectivity index is 0.000000129. The number of ether oxygens (including phenoxy) is 4. The number of benzene rings is 2. The van der Waals surface area contributed by atoms with Crippen LogP contribution in [0.25, 0.3) is 21.8 Å². The average molecular weight is 739 g/mol. The third-order valence-corrected chi connectivity index (χ3v) is 12.1. The second-order valence-corrected chi connectivity index (χ2v) is 15.0. The van der Waals surface area contributed by atoms with Gasteiger partial charge in [0.05, 0.1) is 27.4 Å². The molecule has 2 saturated carbocycles. The van der Waals surface area contributed by atoms with E-state index in [4.69, 9.17) is 28.8 Å². The lowest BCUT2D eigenvalue weighted by Crippen LogP contribution is -2.57. The largest absolute Gasteiger partial charge is 0.497 e. The highest BCUT2D eigenvalue weighted by molar-refractivity contribution is 5.93. The zero-order valence-electron chi connectivity index (χ0n) is 29.9. The van der Waals surface area contributed by atoms with Gasteiger partial charge in [-0.15, -0.1) is 0 Å². The molecule has 0 amide bonds. The Morgan fingerprint density at radius 1 is 0.792 bits per heavy atom. The maximum Gasteiger partial charge on any atom is 0.490 e. The van der Waals surface area contributed by atoms with E-state index in [1.807, 2.05) is 38.1 Å². The number of hydrogen-bond donors (Lipinski definition) is 3. The predicted molar refractivity (Wildman–Crippen MR) is 185 cm³/mol. The number of fused-ring (bicyclic) bond motifs is 8. The SMILES string of the molecule is COC(=O)C1c2[nH]c3ccc(OC)cc3c2C2CC23CCN13.COc1ccc2[nH]c3c(c2c1)C1CC12CCN2C3C(=O)OC(C)C.O=C(O)C(F)(F)F. The summed E-state index contributed by atoms with van der Waals surface area (Å²) in [6.07, 6.45) is -0.521. The number of aromatic amines is 2. The lowest BCUT2D eigenvalue weighted by atomic mass is 9.84. The fourth-order valence-electron chi connectivity index (χ4n) is 9.42. The molecule has 53 heavy (non-hydrogen) atoms. The minimum absolute atomic E-state index is 0.0976. The molecule has 3 N–H and O–H groups in total. The number of esters is 2. The van der Waals surface area contributed by atoms with Crippen molar-refractivity contribution in [3.05, 3.63) is 58.9 Å². The number of nitrogens with zero attached hydrogens (tertiary/aromatic N) is 2. The van der Waals surface area contributed by atoms with Crippen LogP contribution in [0.5, 0.6) is 11.5 Å². The molecule has 2 aromatic carbocycles. The number of hydrogen-bond acceptors (Lipinski definition) is 9. The highest BCUT2D eigenvalue weighted by Crippen LogP contribution is 2.70. The van der Waals surface area contributed by atoms with E-state index < -0.39 is 12.1 Å². The molecule has 2 aliphatic carbocycles. The maximum atomic E-state index is 12.8. The number of carbonyl (C=O) groups is 3. The van der Waals surface area contributed by atoms with Crippen LogP contribution in [0.4, 0.5) is 13.2 Å². The monoisotopic (exact) mass is 738 g/mol. The van der Waals surface area contributed by atoms with Crippen molar-refractivity contribution in [2.24, 2.45) is 0 Å². The molecular weight excluding hydrogens is 697 g/mol. The Bertz CT molecular complexity index is 2160. The molecule has 15 heteroatoms. The first-order valence-corrected chi connectivity index (χ1v) is 17.7. The van der Waals surface area contributed by atoms with Gasteiger partial charge in [-0.25, -0.2) is 14.4 Å². The highest BCUT2D eigenvalue weighted by Gasteiger charge is 2.71. The van der Waals surface area contributed by atoms with Crippen molar-refractivity contribution in [3.63, 3.8) is 0 Å². The number of aliphatic carboxylic acids is 1. The Labute approximate surface area is 302 Å². The lowest BCUT2D eigenvalue weighted by molar-refractivity contribution is -0.192. The van der Waals surface area contributed by atoms with Crippen molar-refractivity contribution in [2.75, 3.05) is 34.4 Å². The standard InChI is InChI=1S/C19H22N2O3.C17H18N2O3.C2HF3O2/c1-10(2)24-18(22)17-16-15(13-9-19(13)6-7-21(17)19)12-8-11(23-3)4-5-14(12)20-16;1-21-9-3-4-12-10(7-9)13-11-8-17(11)5-6-19(17)15(14(13)18-12)16(20)22-2;3-2(4,5)1(6)7/h4-5,8,10,13,17,20H,6-7,9H2,1-3H3;3-4,7,11,15,18H,5-6,8H2,1-2H3;(H,6,7). The Morgan fingerprint density at radius 3 is 1.57 bits per heavy atom. The summed E-state index contributed by atoms with van der Waals surface area (Å²) in [5.74, 6) is -0.264. The number of H-pyrrole nitrogens is 2. The zero-order chi connectivity index (χ0) is 37.8. The van der Waals surface area contributed by atoms with Crippen LogP contribution >= 0.6 is 0 Å². The minimum atomic E-state index is -5.08. The van der Waals surface area contributed by atoms with Crippen molar-refractivity contribution in [3.8, 4) is 11.5 Å². The first kappa shape index (κ1) is 35.3. The molecule has 6 atom stereocenters. The Morgan fingerprint density at radius 2 is 1.23 bits per heavy atom. The normalized spacial score (nSPS) is 28.4. The predicted octanol–water partition coefficient (Wildman–Crippen LogP) is 6.08. The van der Waals surface area contributed by atoms with E-state index in [1.54, 1.807) is 14.2 Å². The van der Waals surface area contributed by atoms with Gasteiger partial charge in [0, 0.05) is 69.2 Å². The minimum Gasteiger partial charge on any atom is -0.497 e. The van der Waals surface area contributed by atoms with Gasteiger partial charge in [0.25, 0.3) is 0 Å². The van der Waals surface area contributed by atoms with Crippen LogP contribution in [0.2, 0.25) is 0 Å². The molecule has 0 bridgehead atoms. The maximum absolute atomic E-state index is 12.8. The number of halogens is 3. The first-order valence-electron chi connectivity index (χ1n) is 17.7. The fraction of sp³-hybridized carbons (Fsp3) is 0.500. The smallest absolute Gasteiger partial charge is 0.490 e. The van der Waals surface area contributed by atoms with Gasteiger partial charge in [-0.2, -0.15) is 13.2 Å². The topological polar surface area (TPSA) is 146 Å². The Kier molecular flexibility index (Phi) is 8.08. The summed E-state index contributed by atoms with van der Waals surface area (Å²) in [6, 6.07) is 11.6. The summed E-state index contributed by atoms with van der Waals surface area (Å²) in [5, 5.41) is 9.51. The van der Waals surface area contributed by atoms with Gasteiger partial charge in [0.15, 0.2) is 0 Å². The van der Waals surface area contributed by atoms with Gasteiger partial charge in [0.1, 0.15) is 23.6 Å². The molecule has 10 rings (SSSR count). The molecule has 0 radical (unpaired) electrons. The number of carboxylic acids is 1. The summed E-state index contributed by atoms with van der Waals surface area (Å²) >= 11 is 0. The van der Waals surface area contributed by atoms with Crippen molar-refractivity contribution in [1.29, 1.82) is 0 Å². The van der Waals surface area contributed by atoms with E-state index in [1.165, 1.54) is 41.9 Å². The number of aromatic nitrogens is 2. The van der Waals surface area contributed by atoms with E-state index in [9.17, 15) is 22.8 Å². The zero-order valence-corrected chi connectivity index (χ0v) is 29.9. The summed E-state index contributed by atoms with van der Waals surface area (Å²) in [7, 11) is 4.85. The number of methoxy groups -OCH3 is 3. The molecule has 6 heterocycles. The van der Waals surface area contributed by atoms with Gasteiger partial charge in [-0.1, -0.05) is 0 Å². The van der Waals surface area contributed by atoms with E-state index in [0.717, 1.165) is 59.9 Å². The molecule has 4 aromatic rings. The molecule has 4 aliphatic heterocycles. The molecule has 2 saturated heterocycles. The number of carbonyl (C=O) groups excluding carboxylic acids is 2. The second-order valence-electron chi connectivity index (χ2n) is 15.0. The number of alkyl halides is 3. The number of rotatable bonds is 5. The molecule has 6 aliphatic rings. The summed E-state index contributed by atoms with van der Waals surface area (Å²) < 4.78 is 53.2. The second kappa shape index (κ2) is 12.1. The quantitative estimate of drug-likeness (QED) is 0.206. The van der Waals surface area contributed by atoms with Crippen molar-refractivity contribution in [1.82, 2.24) is 19.8 Å². The number of carboxylic acid groups (broad SMARTS) is 1. The van der Waals surface area contributed by atoms with Crippen LogP contribution < -0.4 is 9.47 Å². The fourth-order valence-corrected chi connectivity index (χ4v) is 9.42. The van der Waals surface area contributed by atoms with Crippen molar-refractivity contribution >= 4 is 39.7 Å². The molecule has 2 spiro atoms. The molecule has 12 nitrogen and oxygen atoms in total. The van der Waals surface area contributed by atoms with Crippen LogP contribution in [-0.2, 0) is 23.9 Å². The van der Waals surface area contributed by atoms with Gasteiger partial charge >= 0.3 is 24.1 Å². The molecule has 2 aromatic heterocycles. The molecule has 282 valence electrons. The third-order valence-electron chi connectivity index (χ3n) is 12.1. The Hall–Kier alpha value is -4.76. The van der Waals surface area contributed by atoms with Gasteiger partial charge < -0.3 is 34.0 Å². The third kappa shape index (κ3) is 5.29. The van der Waals surface area contributed by atoms with E-state index in [0.29, 0.717) is 11.8 Å². The molecule has 4 fully saturated rings. The van der Waals surface area contributed by atoms with Gasteiger partial charge in [-0.05, 0) is 87.1 Å². The van der Waals surface area contributed by atoms with Gasteiger partial charge in [0.2, 0.25) is 0 Å². The van der Waals surface area contributed by atoms with Crippen LogP contribution in [0, 0.1) is 0 Å². The highest BCUT2D eigenvalue weighted by atomic mass is 19.4. The van der Waals surface area contributed by atoms with E-state index in [-0.39, 0.29) is 41.2 Å². The summed E-state index contributed by atoms with van der Waals surface area (Å²) in [5.41, 5.74) is 7.23. The number of nitrogens with one attached hydrogen (secondary N) is 2. The summed E-state index contributed by atoms with van der Waals surface area (Å²) in [4.78, 5) is 45.8. The first-order chi connectivity index (χ1) is 25.2. The van der Waals surface area contributed by atoms with Crippen molar-refractivity contribution < 1.29 is 51.6 Å². The van der Waals surface area contributed by atoms with Crippen LogP contribution in [0.3, 0.4) is 0 Å². The van der Waals surface area contributed by atoms with E-state index >= 15 is 0 Å². The van der Waals surface area contributed by atoms with Crippen LogP contribution in [0.15, 0.2) is 36.4 Å². The van der Waals surface area contributed by atoms with Gasteiger partial charge in [-0.3, -0.25) is 9.80 Å². The summed E-state index contributed by atoms with van der Waals surface area (Å²) in [6.45, 7) is 5.77.